The Hall–Kier alpha value is -2.55. The number of carbonyl (C=O) groups is 2. The molecular formula is C22H20ClFN2O3S2. The second-order valence-electron chi connectivity index (χ2n) is 7.83. The molecule has 0 unspecified atom stereocenters. The van der Waals surface area contributed by atoms with E-state index in [0.29, 0.717) is 14.9 Å². The molecule has 162 valence electrons. The van der Waals surface area contributed by atoms with E-state index < -0.39 is 17.1 Å². The quantitative estimate of drug-likeness (QED) is 0.609. The zero-order valence-electron chi connectivity index (χ0n) is 17.1. The highest BCUT2D eigenvalue weighted by Gasteiger charge is 2.20. The summed E-state index contributed by atoms with van der Waals surface area (Å²) in [4.78, 5) is 38.1. The van der Waals surface area contributed by atoms with Crippen molar-refractivity contribution >= 4 is 63.8 Å². The van der Waals surface area contributed by atoms with Crippen molar-refractivity contribution in [2.75, 3.05) is 5.32 Å². The molecule has 1 amide bonds. The molecule has 3 aromatic rings. The molecule has 31 heavy (non-hydrogen) atoms. The minimum Gasteiger partial charge on any atom is -0.324 e. The van der Waals surface area contributed by atoms with E-state index >= 15 is 0 Å². The van der Waals surface area contributed by atoms with Gasteiger partial charge in [0, 0.05) is 17.2 Å². The summed E-state index contributed by atoms with van der Waals surface area (Å²) in [6, 6.07) is 5.69. The average molecular weight is 479 g/mol. The maximum Gasteiger partial charge on any atom is 0.269 e. The Balaban J connectivity index is 2.01. The van der Waals surface area contributed by atoms with E-state index in [1.807, 2.05) is 16.8 Å². The molecule has 9 heteroatoms. The monoisotopic (exact) mass is 478 g/mol. The second kappa shape index (κ2) is 9.30. The lowest BCUT2D eigenvalue weighted by Gasteiger charge is -2.13. The lowest BCUT2D eigenvalue weighted by atomic mass is 9.91. The first-order valence-electron chi connectivity index (χ1n) is 9.29. The van der Waals surface area contributed by atoms with Gasteiger partial charge in [0.05, 0.1) is 9.55 Å². The Bertz CT molecular complexity index is 1300. The zero-order chi connectivity index (χ0) is 22.8. The van der Waals surface area contributed by atoms with E-state index in [0.717, 1.165) is 23.0 Å². The van der Waals surface area contributed by atoms with Gasteiger partial charge in [-0.15, -0.1) is 11.3 Å². The van der Waals surface area contributed by atoms with Gasteiger partial charge >= 0.3 is 0 Å². The third-order valence-corrected chi connectivity index (χ3v) is 6.33. The van der Waals surface area contributed by atoms with Crippen molar-refractivity contribution < 1.29 is 14.0 Å². The van der Waals surface area contributed by atoms with Crippen molar-refractivity contribution in [2.24, 2.45) is 5.41 Å². The van der Waals surface area contributed by atoms with Gasteiger partial charge in [0.25, 0.3) is 5.56 Å². The van der Waals surface area contributed by atoms with E-state index in [-0.39, 0.29) is 22.9 Å². The first-order chi connectivity index (χ1) is 14.5. The molecule has 0 aliphatic rings. The number of Topliss-reactive ketones (excluding diaryl/α,β-unsaturated/α-hetero) is 1. The molecule has 1 aromatic carbocycles. The topological polar surface area (TPSA) is 68.2 Å². The predicted molar refractivity (Wildman–Crippen MR) is 125 cm³/mol. The number of hydrogen-bond donors (Lipinski definition) is 1. The van der Waals surface area contributed by atoms with Gasteiger partial charge in [-0.3, -0.25) is 19.0 Å². The molecule has 1 N–H and O–H groups in total. The predicted octanol–water partition coefficient (Wildman–Crippen LogP) is 3.63. The summed E-state index contributed by atoms with van der Waals surface area (Å²) in [5.74, 6) is -1.25. The molecule has 2 aromatic heterocycles. The highest BCUT2D eigenvalue weighted by atomic mass is 35.5. The molecule has 0 bridgehead atoms. The fraction of sp³-hybridized carbons (Fsp3) is 0.227. The first-order valence-corrected chi connectivity index (χ1v) is 11.4. The van der Waals surface area contributed by atoms with Crippen LogP contribution >= 0.6 is 34.3 Å². The number of rotatable bonds is 5. The Labute approximate surface area is 191 Å². The van der Waals surface area contributed by atoms with Crippen LogP contribution in [0.2, 0.25) is 5.02 Å². The average Bonchev–Trinajstić information content (AvgIpc) is 3.28. The summed E-state index contributed by atoms with van der Waals surface area (Å²) >= 11 is 8.41. The number of anilines is 1. The normalized spacial score (nSPS) is 12.9. The highest BCUT2D eigenvalue weighted by molar-refractivity contribution is 7.08. The third-order valence-electron chi connectivity index (χ3n) is 4.28. The number of benzene rings is 1. The number of amides is 1. The smallest absolute Gasteiger partial charge is 0.269 e. The van der Waals surface area contributed by atoms with Crippen molar-refractivity contribution in [3.05, 3.63) is 71.0 Å². The lowest BCUT2D eigenvalue weighted by Crippen LogP contribution is -2.36. The number of thiazole rings is 1. The number of aromatic nitrogens is 1. The van der Waals surface area contributed by atoms with Crippen LogP contribution in [0.4, 0.5) is 10.1 Å². The standard InChI is InChI=1S/C22H20ClFN2O3S2/c1-22(2,3)18(27)10-20-26(21(29)17(31-20)8-13-6-7-30-12-13)11-19(28)25-14-4-5-16(24)15(23)9-14/h4-10,12H,11H2,1-3H3,(H,25,28). The Morgan fingerprint density at radius 2 is 2.00 bits per heavy atom. The Morgan fingerprint density at radius 3 is 2.61 bits per heavy atom. The molecule has 0 atom stereocenters. The Morgan fingerprint density at radius 1 is 1.26 bits per heavy atom. The molecule has 0 aliphatic heterocycles. The third kappa shape index (κ3) is 5.78. The van der Waals surface area contributed by atoms with Gasteiger partial charge in [-0.2, -0.15) is 11.3 Å². The number of hydrogen-bond acceptors (Lipinski definition) is 5. The molecule has 3 rings (SSSR count). The molecule has 0 saturated heterocycles. The summed E-state index contributed by atoms with van der Waals surface area (Å²) in [6.45, 7) is 5.05. The zero-order valence-corrected chi connectivity index (χ0v) is 19.5. The highest BCUT2D eigenvalue weighted by Crippen LogP contribution is 2.19. The number of halogens is 2. The summed E-state index contributed by atoms with van der Waals surface area (Å²) in [7, 11) is 0. The number of nitrogens with one attached hydrogen (secondary N) is 1. The molecule has 0 aliphatic carbocycles. The van der Waals surface area contributed by atoms with E-state index in [2.05, 4.69) is 5.32 Å². The van der Waals surface area contributed by atoms with Crippen LogP contribution in [0.1, 0.15) is 26.3 Å². The van der Waals surface area contributed by atoms with Gasteiger partial charge in [-0.25, -0.2) is 4.39 Å². The second-order valence-corrected chi connectivity index (χ2v) is 10.1. The fourth-order valence-corrected chi connectivity index (χ4v) is 4.39. The summed E-state index contributed by atoms with van der Waals surface area (Å²) in [5, 5.41) is 6.28. The van der Waals surface area contributed by atoms with Crippen LogP contribution in [0.5, 0.6) is 0 Å². The van der Waals surface area contributed by atoms with Crippen LogP contribution in [0.3, 0.4) is 0 Å². The van der Waals surface area contributed by atoms with Gasteiger partial charge in [0.2, 0.25) is 5.91 Å². The molecule has 0 saturated carbocycles. The van der Waals surface area contributed by atoms with E-state index in [1.165, 1.54) is 34.1 Å². The van der Waals surface area contributed by atoms with Gasteiger partial charge in [-0.1, -0.05) is 32.4 Å². The van der Waals surface area contributed by atoms with Crippen molar-refractivity contribution in [3.8, 4) is 0 Å². The summed E-state index contributed by atoms with van der Waals surface area (Å²) in [5.41, 5.74) is 0.182. The number of thiophene rings is 1. The fourth-order valence-electron chi connectivity index (χ4n) is 2.55. The maximum atomic E-state index is 13.3. The van der Waals surface area contributed by atoms with Crippen molar-refractivity contribution in [2.45, 2.75) is 27.3 Å². The minimum absolute atomic E-state index is 0.122. The first kappa shape index (κ1) is 23.1. The number of carbonyl (C=O) groups excluding carboxylic acids is 2. The molecular weight excluding hydrogens is 459 g/mol. The summed E-state index contributed by atoms with van der Waals surface area (Å²) in [6.07, 6.45) is 3.13. The lowest BCUT2D eigenvalue weighted by molar-refractivity contribution is -0.120. The molecule has 0 radical (unpaired) electrons. The number of ketones is 1. The van der Waals surface area contributed by atoms with Crippen LogP contribution in [-0.2, 0) is 16.1 Å². The maximum absolute atomic E-state index is 13.3. The van der Waals surface area contributed by atoms with Crippen LogP contribution < -0.4 is 20.1 Å². The molecule has 0 spiro atoms. The molecule has 5 nitrogen and oxygen atoms in total. The van der Waals surface area contributed by atoms with E-state index in [9.17, 15) is 18.8 Å². The molecule has 0 fully saturated rings. The van der Waals surface area contributed by atoms with Gasteiger partial charge in [-0.05, 0) is 46.7 Å². The summed E-state index contributed by atoms with van der Waals surface area (Å²) < 4.78 is 15.4. The van der Waals surface area contributed by atoms with Crippen LogP contribution in [0.25, 0.3) is 12.2 Å². The van der Waals surface area contributed by atoms with Crippen molar-refractivity contribution in [3.63, 3.8) is 0 Å². The van der Waals surface area contributed by atoms with E-state index in [1.54, 1.807) is 26.8 Å². The van der Waals surface area contributed by atoms with E-state index in [4.69, 9.17) is 11.6 Å². The van der Waals surface area contributed by atoms with Crippen molar-refractivity contribution in [1.82, 2.24) is 4.57 Å². The Kier molecular flexibility index (Phi) is 6.93. The van der Waals surface area contributed by atoms with Gasteiger partial charge in [0.15, 0.2) is 5.78 Å². The SMILES string of the molecule is CC(C)(C)C(=O)C=c1sc(=Cc2ccsc2)c(=O)n1CC(=O)Nc1ccc(F)c(Cl)c1. The van der Waals surface area contributed by atoms with Crippen LogP contribution in [0, 0.1) is 11.2 Å². The van der Waals surface area contributed by atoms with Crippen LogP contribution in [0.15, 0.2) is 39.8 Å². The molecule has 2 heterocycles. The largest absolute Gasteiger partial charge is 0.324 e. The van der Waals surface area contributed by atoms with Gasteiger partial charge in [0.1, 0.15) is 17.0 Å². The van der Waals surface area contributed by atoms with Crippen molar-refractivity contribution in [1.29, 1.82) is 0 Å². The van der Waals surface area contributed by atoms with Gasteiger partial charge < -0.3 is 5.32 Å². The number of nitrogens with zero attached hydrogens (tertiary/aromatic N) is 1. The van der Waals surface area contributed by atoms with Crippen LogP contribution in [-0.4, -0.2) is 16.3 Å². The minimum atomic E-state index is -0.630.